The Hall–Kier alpha value is -1.02. The number of allylic oxidation sites excluding steroid dienone is 1. The van der Waals surface area contributed by atoms with E-state index in [1.807, 2.05) is 18.2 Å². The van der Waals surface area contributed by atoms with E-state index in [0.29, 0.717) is 11.2 Å². The van der Waals surface area contributed by atoms with Gasteiger partial charge in [-0.15, -0.1) is 6.58 Å². The van der Waals surface area contributed by atoms with E-state index in [0.717, 1.165) is 24.9 Å². The molecule has 1 unspecified atom stereocenters. The predicted molar refractivity (Wildman–Crippen MR) is 66.4 cm³/mol. The molecule has 1 aromatic rings. The molecule has 82 valence electrons. The maximum atomic E-state index is 5.79. The predicted octanol–water partition coefficient (Wildman–Crippen LogP) is 3.89. The zero-order chi connectivity index (χ0) is 11.1. The average Bonchev–Trinajstić information content (AvgIpc) is 2.18. The molecule has 2 nitrogen and oxygen atoms in total. The second-order valence-corrected chi connectivity index (χ2v) is 4.02. The molecule has 0 saturated carbocycles. The van der Waals surface area contributed by atoms with Gasteiger partial charge in [-0.25, -0.2) is 4.98 Å². The zero-order valence-corrected chi connectivity index (χ0v) is 9.80. The minimum atomic E-state index is 0.448. The van der Waals surface area contributed by atoms with Crippen molar-refractivity contribution in [3.8, 4) is 0 Å². The summed E-state index contributed by atoms with van der Waals surface area (Å²) in [5.74, 6) is 0. The van der Waals surface area contributed by atoms with Gasteiger partial charge in [0.05, 0.1) is 0 Å². The van der Waals surface area contributed by atoms with Crippen molar-refractivity contribution in [2.24, 2.45) is 0 Å². The van der Waals surface area contributed by atoms with Gasteiger partial charge in [0, 0.05) is 17.9 Å². The summed E-state index contributed by atoms with van der Waals surface area (Å²) in [4.78, 5) is 3.93. The number of unbranched alkanes of at least 4 members (excludes halogenated alkanes) is 1. The van der Waals surface area contributed by atoms with Crippen LogP contribution < -0.4 is 5.32 Å². The maximum absolute atomic E-state index is 5.79. The number of hydrogen-bond donors (Lipinski definition) is 1. The van der Waals surface area contributed by atoms with Crippen molar-refractivity contribution in [1.29, 1.82) is 0 Å². The van der Waals surface area contributed by atoms with E-state index in [-0.39, 0.29) is 0 Å². The first-order valence-corrected chi connectivity index (χ1v) is 5.59. The van der Waals surface area contributed by atoms with Gasteiger partial charge >= 0.3 is 0 Å². The van der Waals surface area contributed by atoms with Crippen LogP contribution in [-0.4, -0.2) is 11.0 Å². The molecular weight excluding hydrogens is 208 g/mol. The molecule has 0 aliphatic carbocycles. The normalized spacial score (nSPS) is 12.1. The fourth-order valence-corrected chi connectivity index (χ4v) is 1.59. The first-order chi connectivity index (χ1) is 7.22. The van der Waals surface area contributed by atoms with Crippen molar-refractivity contribution in [2.75, 3.05) is 5.32 Å². The smallest absolute Gasteiger partial charge is 0.131 e. The van der Waals surface area contributed by atoms with E-state index >= 15 is 0 Å². The summed E-state index contributed by atoms with van der Waals surface area (Å²) in [6, 6.07) is 4.21. The first-order valence-electron chi connectivity index (χ1n) is 5.21. The van der Waals surface area contributed by atoms with Gasteiger partial charge in [0.15, 0.2) is 0 Å². The zero-order valence-electron chi connectivity index (χ0n) is 9.04. The van der Waals surface area contributed by atoms with Crippen LogP contribution in [0.25, 0.3) is 0 Å². The Bertz CT molecular complexity index is 312. The van der Waals surface area contributed by atoms with Gasteiger partial charge in [-0.3, -0.25) is 0 Å². The van der Waals surface area contributed by atoms with Gasteiger partial charge < -0.3 is 5.32 Å². The molecule has 0 spiro atoms. The molecule has 3 heteroatoms. The number of halogens is 1. The van der Waals surface area contributed by atoms with E-state index in [1.54, 1.807) is 6.20 Å². The van der Waals surface area contributed by atoms with Crippen LogP contribution in [0.1, 0.15) is 26.2 Å². The van der Waals surface area contributed by atoms with Crippen molar-refractivity contribution in [3.05, 3.63) is 36.1 Å². The monoisotopic (exact) mass is 224 g/mol. The summed E-state index contributed by atoms with van der Waals surface area (Å²) >= 11 is 5.79. The molecule has 0 bridgehead atoms. The van der Waals surface area contributed by atoms with Crippen LogP contribution in [-0.2, 0) is 0 Å². The fraction of sp³-hybridized carbons (Fsp3) is 0.417. The molecule has 15 heavy (non-hydrogen) atoms. The lowest BCUT2D eigenvalue weighted by atomic mass is 10.1. The van der Waals surface area contributed by atoms with Crippen LogP contribution in [0.15, 0.2) is 31.0 Å². The van der Waals surface area contributed by atoms with Gasteiger partial charge in [-0.2, -0.15) is 0 Å². The van der Waals surface area contributed by atoms with E-state index in [2.05, 4.69) is 23.8 Å². The number of aromatic nitrogens is 1. The molecule has 0 amide bonds. The van der Waals surface area contributed by atoms with Gasteiger partial charge in [0.25, 0.3) is 0 Å². The molecule has 1 N–H and O–H groups in total. The minimum Gasteiger partial charge on any atom is -0.382 e. The fourth-order valence-electron chi connectivity index (χ4n) is 1.42. The van der Waals surface area contributed by atoms with Gasteiger partial charge in [0.1, 0.15) is 5.15 Å². The third kappa shape index (κ3) is 4.84. The Morgan fingerprint density at radius 1 is 1.67 bits per heavy atom. The third-order valence-corrected chi connectivity index (χ3v) is 2.39. The molecule has 0 aromatic carbocycles. The highest BCUT2D eigenvalue weighted by molar-refractivity contribution is 6.29. The molecule has 0 fully saturated rings. The molecule has 0 radical (unpaired) electrons. The third-order valence-electron chi connectivity index (χ3n) is 2.19. The lowest BCUT2D eigenvalue weighted by Gasteiger charge is -2.14. The molecule has 1 aromatic heterocycles. The molecular formula is C12H17ClN2. The maximum Gasteiger partial charge on any atom is 0.131 e. The van der Waals surface area contributed by atoms with E-state index in [9.17, 15) is 0 Å². The van der Waals surface area contributed by atoms with E-state index in [4.69, 9.17) is 11.6 Å². The Morgan fingerprint density at radius 3 is 3.13 bits per heavy atom. The van der Waals surface area contributed by atoms with Crippen LogP contribution >= 0.6 is 11.6 Å². The minimum absolute atomic E-state index is 0.448. The summed E-state index contributed by atoms with van der Waals surface area (Å²) in [5.41, 5.74) is 1.03. The van der Waals surface area contributed by atoms with Crippen molar-refractivity contribution in [3.63, 3.8) is 0 Å². The van der Waals surface area contributed by atoms with Crippen molar-refractivity contribution < 1.29 is 0 Å². The average molecular weight is 225 g/mol. The molecule has 0 aliphatic heterocycles. The summed E-state index contributed by atoms with van der Waals surface area (Å²) in [6.07, 6.45) is 7.03. The second-order valence-electron chi connectivity index (χ2n) is 3.63. The topological polar surface area (TPSA) is 24.9 Å². The summed E-state index contributed by atoms with van der Waals surface area (Å²) in [6.45, 7) is 5.87. The highest BCUT2D eigenvalue weighted by atomic mass is 35.5. The first kappa shape index (κ1) is 12.1. The standard InChI is InChI=1S/C12H17ClN2/c1-3-4-5-6-10(2)15-11-7-8-14-12(13)9-11/h3,7-10H,1,4-6H2,2H3,(H,14,15). The molecule has 0 aliphatic rings. The van der Waals surface area contributed by atoms with Gasteiger partial charge in [0.2, 0.25) is 0 Å². The Labute approximate surface area is 96.4 Å². The number of hydrogen-bond acceptors (Lipinski definition) is 2. The Balaban J connectivity index is 2.37. The van der Waals surface area contributed by atoms with Crippen LogP contribution in [0.2, 0.25) is 5.15 Å². The molecule has 1 heterocycles. The highest BCUT2D eigenvalue weighted by Gasteiger charge is 2.01. The number of pyridine rings is 1. The summed E-state index contributed by atoms with van der Waals surface area (Å²) in [5, 5.41) is 3.91. The number of rotatable bonds is 6. The largest absolute Gasteiger partial charge is 0.382 e. The lowest BCUT2D eigenvalue weighted by Crippen LogP contribution is -2.14. The molecule has 0 saturated heterocycles. The second kappa shape index (κ2) is 6.46. The van der Waals surface area contributed by atoms with Crippen LogP contribution in [0.3, 0.4) is 0 Å². The van der Waals surface area contributed by atoms with Crippen molar-refractivity contribution >= 4 is 17.3 Å². The number of anilines is 1. The van der Waals surface area contributed by atoms with Crippen LogP contribution in [0.4, 0.5) is 5.69 Å². The van der Waals surface area contributed by atoms with Crippen LogP contribution in [0, 0.1) is 0 Å². The highest BCUT2D eigenvalue weighted by Crippen LogP contribution is 2.14. The SMILES string of the molecule is C=CCCCC(C)Nc1ccnc(Cl)c1. The van der Waals surface area contributed by atoms with Gasteiger partial charge in [-0.1, -0.05) is 17.7 Å². The van der Waals surface area contributed by atoms with Crippen LogP contribution in [0.5, 0.6) is 0 Å². The number of nitrogens with one attached hydrogen (secondary N) is 1. The van der Waals surface area contributed by atoms with E-state index < -0.39 is 0 Å². The summed E-state index contributed by atoms with van der Waals surface area (Å²) in [7, 11) is 0. The lowest BCUT2D eigenvalue weighted by molar-refractivity contribution is 0.663. The summed E-state index contributed by atoms with van der Waals surface area (Å²) < 4.78 is 0. The Morgan fingerprint density at radius 2 is 2.47 bits per heavy atom. The molecule has 1 atom stereocenters. The Kier molecular flexibility index (Phi) is 5.19. The van der Waals surface area contributed by atoms with Crippen molar-refractivity contribution in [2.45, 2.75) is 32.2 Å². The number of nitrogens with zero attached hydrogens (tertiary/aromatic N) is 1. The van der Waals surface area contributed by atoms with Gasteiger partial charge in [-0.05, 0) is 38.3 Å². The van der Waals surface area contributed by atoms with E-state index in [1.165, 1.54) is 0 Å². The molecule has 1 rings (SSSR count). The van der Waals surface area contributed by atoms with Crippen molar-refractivity contribution in [1.82, 2.24) is 4.98 Å². The quantitative estimate of drug-likeness (QED) is 0.451.